The van der Waals surface area contributed by atoms with Gasteiger partial charge in [-0.25, -0.2) is 9.37 Å². The number of hydrogen-bond acceptors (Lipinski definition) is 5. The van der Waals surface area contributed by atoms with Crippen molar-refractivity contribution in [2.75, 3.05) is 5.32 Å². The summed E-state index contributed by atoms with van der Waals surface area (Å²) < 4.78 is 14.4. The molecular weight excluding hydrogens is 397 g/mol. The maximum atomic E-state index is 14.4. The van der Waals surface area contributed by atoms with Crippen molar-refractivity contribution in [3.05, 3.63) is 63.4 Å². The average Bonchev–Trinajstić information content (AvgIpc) is 3.07. The number of aromatic amines is 2. The Balaban J connectivity index is 1.91. The lowest BCUT2D eigenvalue weighted by Crippen LogP contribution is -2.15. The Bertz CT molecular complexity index is 1280. The molecule has 3 heterocycles. The molecule has 29 heavy (non-hydrogen) atoms. The molecule has 0 spiro atoms. The van der Waals surface area contributed by atoms with Crippen LogP contribution in [0.1, 0.15) is 25.5 Å². The van der Waals surface area contributed by atoms with Crippen LogP contribution < -0.4 is 10.9 Å². The number of benzene rings is 1. The largest absolute Gasteiger partial charge is 0.492 e. The van der Waals surface area contributed by atoms with Gasteiger partial charge in [0.05, 0.1) is 16.9 Å². The van der Waals surface area contributed by atoms with Crippen molar-refractivity contribution in [3.8, 4) is 17.0 Å². The highest BCUT2D eigenvalue weighted by molar-refractivity contribution is 6.30. The quantitative estimate of drug-likeness (QED) is 0.388. The number of H-pyrrole nitrogens is 2. The zero-order valence-corrected chi connectivity index (χ0v) is 16.3. The molecule has 0 atom stereocenters. The number of pyridine rings is 2. The topological polar surface area (TPSA) is 107 Å². The fraction of sp³-hybridized carbons (Fsp3) is 0.150. The zero-order chi connectivity index (χ0) is 20.7. The third-order valence-electron chi connectivity index (χ3n) is 4.58. The predicted molar refractivity (Wildman–Crippen MR) is 110 cm³/mol. The minimum absolute atomic E-state index is 0.0290. The van der Waals surface area contributed by atoms with Crippen LogP contribution >= 0.6 is 11.6 Å². The van der Waals surface area contributed by atoms with Crippen molar-refractivity contribution in [2.24, 2.45) is 0 Å². The van der Waals surface area contributed by atoms with Crippen molar-refractivity contribution in [3.63, 3.8) is 0 Å². The Morgan fingerprint density at radius 1 is 1.17 bits per heavy atom. The molecule has 4 rings (SSSR count). The van der Waals surface area contributed by atoms with E-state index in [2.05, 4.69) is 25.5 Å². The molecule has 0 saturated heterocycles. The van der Waals surface area contributed by atoms with E-state index in [1.165, 1.54) is 18.2 Å². The summed E-state index contributed by atoms with van der Waals surface area (Å²) >= 11 is 6.00. The van der Waals surface area contributed by atoms with Crippen LogP contribution in [0.4, 0.5) is 15.8 Å². The SMILES string of the molecule is CC(C)c1[nH]c(=O)c(-c2cc(Cl)ccc2F)cc1Nc1ccnc2[nH]nc(O)c12. The lowest BCUT2D eigenvalue weighted by molar-refractivity contribution is 0.457. The van der Waals surface area contributed by atoms with Gasteiger partial charge in [-0.3, -0.25) is 9.89 Å². The van der Waals surface area contributed by atoms with E-state index in [9.17, 15) is 14.3 Å². The maximum absolute atomic E-state index is 14.4. The number of aromatic hydroxyl groups is 1. The van der Waals surface area contributed by atoms with Gasteiger partial charge < -0.3 is 15.4 Å². The van der Waals surface area contributed by atoms with Gasteiger partial charge in [0.15, 0.2) is 5.65 Å². The number of halogens is 2. The standard InChI is InChI=1S/C20H17ClFN5O2/c1-9(2)17-15(24-14-5-6-23-18-16(14)20(29)27-26-18)8-12(19(28)25-17)11-7-10(21)3-4-13(11)22/h3-9H,1-2H3,(H,25,28)(H3,23,24,26,27,29). The number of rotatable bonds is 4. The Labute approximate surface area is 169 Å². The summed E-state index contributed by atoms with van der Waals surface area (Å²) in [5, 5.41) is 20.4. The van der Waals surface area contributed by atoms with Crippen LogP contribution in [0.3, 0.4) is 0 Å². The molecule has 0 bridgehead atoms. The Hall–Kier alpha value is -3.39. The molecule has 0 saturated carbocycles. The second-order valence-corrected chi connectivity index (χ2v) is 7.31. The molecule has 0 aliphatic rings. The molecule has 3 aromatic heterocycles. The van der Waals surface area contributed by atoms with Gasteiger partial charge in [-0.15, -0.1) is 5.10 Å². The first-order valence-corrected chi connectivity index (χ1v) is 9.24. The van der Waals surface area contributed by atoms with E-state index in [-0.39, 0.29) is 22.9 Å². The highest BCUT2D eigenvalue weighted by Gasteiger charge is 2.18. The monoisotopic (exact) mass is 413 g/mol. The van der Waals surface area contributed by atoms with Crippen LogP contribution in [-0.2, 0) is 0 Å². The van der Waals surface area contributed by atoms with Crippen molar-refractivity contribution < 1.29 is 9.50 Å². The van der Waals surface area contributed by atoms with Crippen LogP contribution in [0.25, 0.3) is 22.2 Å². The second kappa shape index (κ2) is 7.21. The van der Waals surface area contributed by atoms with E-state index < -0.39 is 11.4 Å². The fourth-order valence-electron chi connectivity index (χ4n) is 3.19. The number of aromatic nitrogens is 4. The summed E-state index contributed by atoms with van der Waals surface area (Å²) in [5.74, 6) is -0.784. The Morgan fingerprint density at radius 3 is 2.72 bits per heavy atom. The number of hydrogen-bond donors (Lipinski definition) is 4. The second-order valence-electron chi connectivity index (χ2n) is 6.87. The molecule has 7 nitrogen and oxygen atoms in total. The van der Waals surface area contributed by atoms with Gasteiger partial charge in [-0.05, 0) is 36.2 Å². The van der Waals surface area contributed by atoms with Gasteiger partial charge in [-0.2, -0.15) is 0 Å². The van der Waals surface area contributed by atoms with Crippen LogP contribution in [0.2, 0.25) is 5.02 Å². The van der Waals surface area contributed by atoms with Crippen molar-refractivity contribution in [2.45, 2.75) is 19.8 Å². The molecule has 0 radical (unpaired) electrons. The average molecular weight is 414 g/mol. The van der Waals surface area contributed by atoms with Crippen molar-refractivity contribution in [1.29, 1.82) is 0 Å². The molecule has 9 heteroatoms. The zero-order valence-electron chi connectivity index (χ0n) is 15.5. The highest BCUT2D eigenvalue weighted by atomic mass is 35.5. The van der Waals surface area contributed by atoms with E-state index in [1.807, 2.05) is 13.8 Å². The van der Waals surface area contributed by atoms with E-state index >= 15 is 0 Å². The predicted octanol–water partition coefficient (Wildman–Crippen LogP) is 4.68. The first kappa shape index (κ1) is 18.9. The third kappa shape index (κ3) is 3.42. The van der Waals surface area contributed by atoms with Crippen LogP contribution in [0.15, 0.2) is 41.3 Å². The molecule has 148 valence electrons. The lowest BCUT2D eigenvalue weighted by Gasteiger charge is -2.17. The highest BCUT2D eigenvalue weighted by Crippen LogP contribution is 2.34. The van der Waals surface area contributed by atoms with Crippen molar-refractivity contribution >= 4 is 34.0 Å². The number of nitrogens with one attached hydrogen (secondary N) is 3. The maximum Gasteiger partial charge on any atom is 0.256 e. The van der Waals surface area contributed by atoms with E-state index in [4.69, 9.17) is 11.6 Å². The molecule has 0 aliphatic carbocycles. The van der Waals surface area contributed by atoms with Gasteiger partial charge in [0, 0.05) is 22.5 Å². The van der Waals surface area contributed by atoms with Crippen LogP contribution in [-0.4, -0.2) is 25.3 Å². The molecule has 0 aliphatic heterocycles. The first-order valence-electron chi connectivity index (χ1n) is 8.87. The molecule has 4 aromatic rings. The molecule has 0 fully saturated rings. The summed E-state index contributed by atoms with van der Waals surface area (Å²) in [6, 6.07) is 7.30. The van der Waals surface area contributed by atoms with Gasteiger partial charge in [0.1, 0.15) is 11.2 Å². The molecule has 1 aromatic carbocycles. The summed E-state index contributed by atoms with van der Waals surface area (Å²) in [5.41, 5.74) is 1.95. The normalized spacial score (nSPS) is 11.3. The summed E-state index contributed by atoms with van der Waals surface area (Å²) in [6.45, 7) is 3.85. The molecule has 4 N–H and O–H groups in total. The Kier molecular flexibility index (Phi) is 4.71. The molecular formula is C20H17ClFN5O2. The molecule has 0 amide bonds. The Morgan fingerprint density at radius 2 is 1.97 bits per heavy atom. The van der Waals surface area contributed by atoms with Gasteiger partial charge in [-0.1, -0.05) is 25.4 Å². The fourth-order valence-corrected chi connectivity index (χ4v) is 3.36. The summed E-state index contributed by atoms with van der Waals surface area (Å²) in [7, 11) is 0. The van der Waals surface area contributed by atoms with Crippen molar-refractivity contribution in [1.82, 2.24) is 20.2 Å². The number of fused-ring (bicyclic) bond motifs is 1. The van der Waals surface area contributed by atoms with Gasteiger partial charge >= 0.3 is 0 Å². The number of anilines is 2. The van der Waals surface area contributed by atoms with Gasteiger partial charge in [0.2, 0.25) is 5.88 Å². The minimum atomic E-state index is -0.554. The van der Waals surface area contributed by atoms with E-state index in [0.717, 1.165) is 0 Å². The number of nitrogens with zero attached hydrogens (tertiary/aromatic N) is 2. The third-order valence-corrected chi connectivity index (χ3v) is 4.81. The van der Waals surface area contributed by atoms with Gasteiger partial charge in [0.25, 0.3) is 5.56 Å². The summed E-state index contributed by atoms with van der Waals surface area (Å²) in [4.78, 5) is 19.6. The minimum Gasteiger partial charge on any atom is -0.492 e. The molecule has 0 unspecified atom stereocenters. The lowest BCUT2D eigenvalue weighted by atomic mass is 10.0. The van der Waals surface area contributed by atoms with Crippen LogP contribution in [0, 0.1) is 5.82 Å². The van der Waals surface area contributed by atoms with E-state index in [0.29, 0.717) is 33.1 Å². The van der Waals surface area contributed by atoms with E-state index in [1.54, 1.807) is 18.3 Å². The summed E-state index contributed by atoms with van der Waals surface area (Å²) in [6.07, 6.45) is 1.56. The smallest absolute Gasteiger partial charge is 0.256 e. The van der Waals surface area contributed by atoms with Crippen LogP contribution in [0.5, 0.6) is 5.88 Å². The first-order chi connectivity index (χ1) is 13.8.